The standard InChI is InChI=1S/C15H22FNO/c1-4-17-15(14-8-5-11(3)18-14)13-7-6-12(16)9-10(13)2/h6-7,9,11,14-15,17H,4-5,8H2,1-3H3. The minimum Gasteiger partial charge on any atom is -0.373 e. The van der Waals surface area contributed by atoms with Crippen molar-refractivity contribution in [2.45, 2.75) is 51.9 Å². The molecule has 1 aromatic rings. The summed E-state index contributed by atoms with van der Waals surface area (Å²) in [4.78, 5) is 0. The lowest BCUT2D eigenvalue weighted by molar-refractivity contribution is 0.0318. The van der Waals surface area contributed by atoms with Crippen molar-refractivity contribution >= 4 is 0 Å². The Kier molecular flexibility index (Phi) is 4.36. The van der Waals surface area contributed by atoms with Crippen molar-refractivity contribution in [1.29, 1.82) is 0 Å². The summed E-state index contributed by atoms with van der Waals surface area (Å²) in [6.07, 6.45) is 2.70. The molecule has 0 saturated carbocycles. The van der Waals surface area contributed by atoms with Crippen molar-refractivity contribution in [1.82, 2.24) is 5.32 Å². The Morgan fingerprint density at radius 3 is 2.78 bits per heavy atom. The minimum absolute atomic E-state index is 0.167. The number of ether oxygens (including phenoxy) is 1. The Bertz CT molecular complexity index is 407. The monoisotopic (exact) mass is 251 g/mol. The average molecular weight is 251 g/mol. The van der Waals surface area contributed by atoms with Crippen LogP contribution in [0.25, 0.3) is 0 Å². The zero-order chi connectivity index (χ0) is 13.1. The first-order valence-electron chi connectivity index (χ1n) is 6.76. The fourth-order valence-corrected chi connectivity index (χ4v) is 2.73. The van der Waals surface area contributed by atoms with Gasteiger partial charge in [-0.2, -0.15) is 0 Å². The van der Waals surface area contributed by atoms with Crippen LogP contribution < -0.4 is 5.32 Å². The number of likely N-dealkylation sites (N-methyl/N-ethyl adjacent to an activating group) is 1. The van der Waals surface area contributed by atoms with Gasteiger partial charge < -0.3 is 10.1 Å². The van der Waals surface area contributed by atoms with Crippen LogP contribution >= 0.6 is 0 Å². The second-order valence-corrected chi connectivity index (χ2v) is 5.10. The topological polar surface area (TPSA) is 21.3 Å². The highest BCUT2D eigenvalue weighted by molar-refractivity contribution is 5.30. The van der Waals surface area contributed by atoms with E-state index < -0.39 is 0 Å². The van der Waals surface area contributed by atoms with Gasteiger partial charge in [0.05, 0.1) is 18.2 Å². The smallest absolute Gasteiger partial charge is 0.123 e. The van der Waals surface area contributed by atoms with Crippen molar-refractivity contribution in [2.24, 2.45) is 0 Å². The number of benzene rings is 1. The van der Waals surface area contributed by atoms with Crippen molar-refractivity contribution in [3.63, 3.8) is 0 Å². The van der Waals surface area contributed by atoms with E-state index in [1.165, 1.54) is 6.07 Å². The molecule has 3 heteroatoms. The molecule has 0 spiro atoms. The number of hydrogen-bond donors (Lipinski definition) is 1. The molecular formula is C15H22FNO. The lowest BCUT2D eigenvalue weighted by Crippen LogP contribution is -2.32. The normalized spacial score (nSPS) is 25.3. The molecule has 2 nitrogen and oxygen atoms in total. The van der Waals surface area contributed by atoms with Crippen LogP contribution in [0.2, 0.25) is 0 Å². The van der Waals surface area contributed by atoms with Crippen molar-refractivity contribution in [3.8, 4) is 0 Å². The van der Waals surface area contributed by atoms with E-state index in [1.54, 1.807) is 6.07 Å². The molecule has 0 radical (unpaired) electrons. The molecule has 3 unspecified atom stereocenters. The van der Waals surface area contributed by atoms with Gasteiger partial charge in [-0.05, 0) is 56.5 Å². The van der Waals surface area contributed by atoms with E-state index in [0.29, 0.717) is 6.10 Å². The number of aryl methyl sites for hydroxylation is 1. The Hall–Kier alpha value is -0.930. The summed E-state index contributed by atoms with van der Waals surface area (Å²) < 4.78 is 19.1. The fourth-order valence-electron chi connectivity index (χ4n) is 2.73. The van der Waals surface area contributed by atoms with E-state index in [1.807, 2.05) is 13.0 Å². The second-order valence-electron chi connectivity index (χ2n) is 5.10. The van der Waals surface area contributed by atoms with E-state index in [-0.39, 0.29) is 18.0 Å². The summed E-state index contributed by atoms with van der Waals surface area (Å²) in [6, 6.07) is 5.17. The maximum Gasteiger partial charge on any atom is 0.123 e. The molecule has 0 amide bonds. The lowest BCUT2D eigenvalue weighted by Gasteiger charge is -2.26. The maximum absolute atomic E-state index is 13.2. The summed E-state index contributed by atoms with van der Waals surface area (Å²) in [6.45, 7) is 7.04. The Morgan fingerprint density at radius 2 is 2.22 bits per heavy atom. The van der Waals surface area contributed by atoms with E-state index in [9.17, 15) is 4.39 Å². The molecule has 100 valence electrons. The molecule has 1 aliphatic heterocycles. The highest BCUT2D eigenvalue weighted by Crippen LogP contribution is 2.31. The summed E-state index contributed by atoms with van der Waals surface area (Å²) in [5, 5.41) is 3.47. The van der Waals surface area contributed by atoms with Gasteiger partial charge in [0.25, 0.3) is 0 Å². The predicted octanol–water partition coefficient (Wildman–Crippen LogP) is 3.35. The zero-order valence-electron chi connectivity index (χ0n) is 11.4. The third-order valence-electron chi connectivity index (χ3n) is 3.63. The second kappa shape index (κ2) is 5.81. The third-order valence-corrected chi connectivity index (χ3v) is 3.63. The molecule has 1 saturated heterocycles. The van der Waals surface area contributed by atoms with Crippen LogP contribution in [0, 0.1) is 12.7 Å². The molecule has 3 atom stereocenters. The van der Waals surface area contributed by atoms with Crippen molar-refractivity contribution in [2.75, 3.05) is 6.54 Å². The molecule has 0 aliphatic carbocycles. The molecular weight excluding hydrogens is 229 g/mol. The molecule has 1 N–H and O–H groups in total. The van der Waals surface area contributed by atoms with Gasteiger partial charge >= 0.3 is 0 Å². The zero-order valence-corrected chi connectivity index (χ0v) is 11.4. The molecule has 1 heterocycles. The van der Waals surface area contributed by atoms with E-state index in [2.05, 4.69) is 19.2 Å². The van der Waals surface area contributed by atoms with E-state index in [4.69, 9.17) is 4.74 Å². The summed E-state index contributed by atoms with van der Waals surface area (Å²) in [7, 11) is 0. The maximum atomic E-state index is 13.2. The van der Waals surface area contributed by atoms with Gasteiger partial charge in [0, 0.05) is 0 Å². The van der Waals surface area contributed by atoms with Gasteiger partial charge in [0.1, 0.15) is 5.82 Å². The first kappa shape index (κ1) is 13.5. The van der Waals surface area contributed by atoms with Gasteiger partial charge in [0.15, 0.2) is 0 Å². The van der Waals surface area contributed by atoms with Crippen LogP contribution in [0.1, 0.15) is 43.9 Å². The van der Waals surface area contributed by atoms with Crippen molar-refractivity contribution in [3.05, 3.63) is 35.1 Å². The Balaban J connectivity index is 2.23. The van der Waals surface area contributed by atoms with Crippen LogP contribution in [-0.4, -0.2) is 18.8 Å². The Labute approximate surface area is 109 Å². The van der Waals surface area contributed by atoms with E-state index in [0.717, 1.165) is 30.5 Å². The minimum atomic E-state index is -0.174. The number of rotatable bonds is 4. The van der Waals surface area contributed by atoms with Gasteiger partial charge in [-0.25, -0.2) is 4.39 Å². The van der Waals surface area contributed by atoms with Gasteiger partial charge in [-0.3, -0.25) is 0 Å². The molecule has 0 bridgehead atoms. The molecule has 1 aromatic carbocycles. The third kappa shape index (κ3) is 2.90. The highest BCUT2D eigenvalue weighted by Gasteiger charge is 2.30. The molecule has 1 fully saturated rings. The first-order chi connectivity index (χ1) is 8.61. The number of halogens is 1. The van der Waals surface area contributed by atoms with Gasteiger partial charge in [-0.1, -0.05) is 13.0 Å². The molecule has 0 aromatic heterocycles. The first-order valence-corrected chi connectivity index (χ1v) is 6.76. The van der Waals surface area contributed by atoms with Crippen molar-refractivity contribution < 1.29 is 9.13 Å². The molecule has 18 heavy (non-hydrogen) atoms. The highest BCUT2D eigenvalue weighted by atomic mass is 19.1. The average Bonchev–Trinajstić information content (AvgIpc) is 2.73. The number of nitrogens with one attached hydrogen (secondary N) is 1. The largest absolute Gasteiger partial charge is 0.373 e. The molecule has 2 rings (SSSR count). The van der Waals surface area contributed by atoms with Crippen LogP contribution in [0.15, 0.2) is 18.2 Å². The summed E-state index contributed by atoms with van der Waals surface area (Å²) in [5.74, 6) is -0.174. The van der Waals surface area contributed by atoms with Crippen LogP contribution in [0.4, 0.5) is 4.39 Å². The summed E-state index contributed by atoms with van der Waals surface area (Å²) in [5.41, 5.74) is 2.14. The summed E-state index contributed by atoms with van der Waals surface area (Å²) >= 11 is 0. The Morgan fingerprint density at radius 1 is 1.44 bits per heavy atom. The molecule has 1 aliphatic rings. The predicted molar refractivity (Wildman–Crippen MR) is 71.1 cm³/mol. The van der Waals surface area contributed by atoms with Crippen LogP contribution in [0.5, 0.6) is 0 Å². The van der Waals surface area contributed by atoms with Crippen LogP contribution in [0.3, 0.4) is 0 Å². The van der Waals surface area contributed by atoms with E-state index >= 15 is 0 Å². The number of hydrogen-bond acceptors (Lipinski definition) is 2. The van der Waals surface area contributed by atoms with Crippen LogP contribution in [-0.2, 0) is 4.74 Å². The quantitative estimate of drug-likeness (QED) is 0.886. The van der Waals surface area contributed by atoms with Gasteiger partial charge in [-0.15, -0.1) is 0 Å². The lowest BCUT2D eigenvalue weighted by atomic mass is 9.95. The SMILES string of the molecule is CCNC(c1ccc(F)cc1C)C1CCC(C)O1. The fraction of sp³-hybridized carbons (Fsp3) is 0.600. The van der Waals surface area contributed by atoms with Gasteiger partial charge in [0.2, 0.25) is 0 Å².